The number of hydrogen-bond acceptors (Lipinski definition) is 3. The van der Waals surface area contributed by atoms with Crippen molar-refractivity contribution in [2.45, 2.75) is 96.9 Å². The largest absolute Gasteiger partial charge is 0.493 e. The smallest absolute Gasteiger partial charge is 0.122 e. The van der Waals surface area contributed by atoms with Crippen LogP contribution in [0.2, 0.25) is 0 Å². The van der Waals surface area contributed by atoms with Crippen molar-refractivity contribution in [1.82, 2.24) is 9.80 Å². The van der Waals surface area contributed by atoms with Crippen molar-refractivity contribution in [3.8, 4) is 5.75 Å². The number of unbranched alkanes of at least 4 members (excludes halogenated alkanes) is 2. The first-order chi connectivity index (χ1) is 15.2. The molecule has 4 rings (SSSR count). The molecule has 1 aliphatic carbocycles. The van der Waals surface area contributed by atoms with E-state index in [-0.39, 0.29) is 0 Å². The first kappa shape index (κ1) is 22.7. The summed E-state index contributed by atoms with van der Waals surface area (Å²) in [6, 6.07) is 7.75. The number of ether oxygens (including phenoxy) is 1. The van der Waals surface area contributed by atoms with Gasteiger partial charge in [0.05, 0.1) is 6.61 Å². The van der Waals surface area contributed by atoms with Gasteiger partial charge in [-0.1, -0.05) is 52.2 Å². The van der Waals surface area contributed by atoms with Crippen LogP contribution in [0.15, 0.2) is 29.5 Å². The monoisotopic (exact) mass is 424 g/mol. The van der Waals surface area contributed by atoms with E-state index in [9.17, 15) is 0 Å². The molecular formula is C28H44N2O. The van der Waals surface area contributed by atoms with E-state index in [0.29, 0.717) is 5.92 Å². The Hall–Kier alpha value is -1.48. The summed E-state index contributed by atoms with van der Waals surface area (Å²) in [6.07, 6.45) is 12.9. The topological polar surface area (TPSA) is 15.7 Å². The van der Waals surface area contributed by atoms with Crippen LogP contribution in [0, 0.1) is 0 Å². The minimum atomic E-state index is 0.674. The van der Waals surface area contributed by atoms with Gasteiger partial charge in [-0.25, -0.2) is 0 Å². The summed E-state index contributed by atoms with van der Waals surface area (Å²) in [5.41, 5.74) is 6.42. The van der Waals surface area contributed by atoms with Crippen LogP contribution in [0.5, 0.6) is 5.75 Å². The molecule has 2 aliphatic heterocycles. The van der Waals surface area contributed by atoms with Crippen LogP contribution in [0.25, 0.3) is 0 Å². The molecule has 0 radical (unpaired) electrons. The molecule has 0 spiro atoms. The van der Waals surface area contributed by atoms with Gasteiger partial charge >= 0.3 is 0 Å². The first-order valence-corrected chi connectivity index (χ1v) is 13.2. The zero-order chi connectivity index (χ0) is 21.6. The van der Waals surface area contributed by atoms with E-state index in [2.05, 4.69) is 48.8 Å². The molecule has 0 bridgehead atoms. The lowest BCUT2D eigenvalue weighted by atomic mass is 9.93. The van der Waals surface area contributed by atoms with Crippen molar-refractivity contribution in [3.63, 3.8) is 0 Å². The summed E-state index contributed by atoms with van der Waals surface area (Å²) in [4.78, 5) is 5.63. The number of likely N-dealkylation sites (tertiary alicyclic amines) is 1. The normalized spacial score (nSPS) is 22.5. The highest BCUT2D eigenvalue weighted by Gasteiger charge is 2.35. The average molecular weight is 425 g/mol. The van der Waals surface area contributed by atoms with Crippen LogP contribution < -0.4 is 4.74 Å². The van der Waals surface area contributed by atoms with Crippen molar-refractivity contribution < 1.29 is 4.74 Å². The van der Waals surface area contributed by atoms with E-state index in [4.69, 9.17) is 4.74 Å². The highest BCUT2D eigenvalue weighted by molar-refractivity contribution is 5.41. The molecule has 3 heteroatoms. The van der Waals surface area contributed by atoms with Crippen LogP contribution in [-0.2, 0) is 6.42 Å². The van der Waals surface area contributed by atoms with Gasteiger partial charge in [-0.15, -0.1) is 0 Å². The molecule has 0 amide bonds. The lowest BCUT2D eigenvalue weighted by Crippen LogP contribution is -2.37. The molecule has 2 atom stereocenters. The summed E-state index contributed by atoms with van der Waals surface area (Å²) in [6.45, 7) is 12.8. The highest BCUT2D eigenvalue weighted by atomic mass is 16.5. The number of rotatable bonds is 12. The maximum atomic E-state index is 5.75. The molecule has 2 fully saturated rings. The second-order valence-electron chi connectivity index (χ2n) is 10.0. The van der Waals surface area contributed by atoms with Crippen molar-refractivity contribution in [1.29, 1.82) is 0 Å². The second-order valence-corrected chi connectivity index (χ2v) is 10.0. The zero-order valence-corrected chi connectivity index (χ0v) is 20.3. The fourth-order valence-electron chi connectivity index (χ4n) is 5.57. The Morgan fingerprint density at radius 2 is 1.81 bits per heavy atom. The number of allylic oxidation sites excluding steroid dienone is 1. The van der Waals surface area contributed by atoms with Gasteiger partial charge in [-0.05, 0) is 67.2 Å². The molecule has 2 unspecified atom stereocenters. The number of benzene rings is 1. The van der Waals surface area contributed by atoms with Crippen molar-refractivity contribution >= 4 is 0 Å². The average Bonchev–Trinajstić information content (AvgIpc) is 3.38. The van der Waals surface area contributed by atoms with Crippen molar-refractivity contribution in [2.75, 3.05) is 32.8 Å². The predicted molar refractivity (Wildman–Crippen MR) is 131 cm³/mol. The molecule has 0 N–H and O–H groups in total. The Balaban J connectivity index is 1.48. The summed E-state index contributed by atoms with van der Waals surface area (Å²) < 4.78 is 5.75. The van der Waals surface area contributed by atoms with E-state index in [1.807, 2.05) is 0 Å². The van der Waals surface area contributed by atoms with Crippen LogP contribution in [-0.4, -0.2) is 48.6 Å². The Bertz CT molecular complexity index is 741. The van der Waals surface area contributed by atoms with Gasteiger partial charge in [0.1, 0.15) is 5.75 Å². The Kier molecular flexibility index (Phi) is 7.98. The predicted octanol–water partition coefficient (Wildman–Crippen LogP) is 6.53. The summed E-state index contributed by atoms with van der Waals surface area (Å²) >= 11 is 0. The van der Waals surface area contributed by atoms with Crippen LogP contribution in [0.4, 0.5) is 0 Å². The standard InChI is InChI=1S/C28H44N2O/c1-4-7-15-29(16-8-5-2)27(22-10-11-22)21-30-20-25(19-26(30)9-6-3)23-12-13-28-24(18-23)14-17-31-28/h12-13,18,25-26H,4-11,14-17,19-21H2,1-3H3. The van der Waals surface area contributed by atoms with E-state index >= 15 is 0 Å². The summed E-state index contributed by atoms with van der Waals surface area (Å²) in [7, 11) is 0. The molecule has 31 heavy (non-hydrogen) atoms. The zero-order valence-electron chi connectivity index (χ0n) is 20.3. The van der Waals surface area contributed by atoms with Gasteiger partial charge in [-0.3, -0.25) is 4.90 Å². The fourth-order valence-corrected chi connectivity index (χ4v) is 5.57. The third-order valence-corrected chi connectivity index (χ3v) is 7.54. The minimum absolute atomic E-state index is 0.674. The fraction of sp³-hybridized carbons (Fsp3) is 0.714. The van der Waals surface area contributed by atoms with Gasteiger partial charge in [0, 0.05) is 44.3 Å². The molecule has 0 aromatic heterocycles. The molecular weight excluding hydrogens is 380 g/mol. The number of fused-ring (bicyclic) bond motifs is 1. The Labute approximate surface area is 190 Å². The SMILES string of the molecule is CCCCN(CCCC)C(CN1CC(c2ccc3c(c2)CCO3)CC1CCC)=C1CC1. The van der Waals surface area contributed by atoms with Crippen LogP contribution in [0.3, 0.4) is 0 Å². The Morgan fingerprint density at radius 3 is 2.48 bits per heavy atom. The second kappa shape index (κ2) is 10.9. The van der Waals surface area contributed by atoms with Gasteiger partial charge in [0.15, 0.2) is 0 Å². The molecule has 1 saturated heterocycles. The molecule has 1 aromatic carbocycles. The third-order valence-electron chi connectivity index (χ3n) is 7.54. The lowest BCUT2D eigenvalue weighted by Gasteiger charge is -2.33. The van der Waals surface area contributed by atoms with Crippen molar-refractivity contribution in [3.05, 3.63) is 40.6 Å². The van der Waals surface area contributed by atoms with E-state index in [1.54, 1.807) is 16.8 Å². The first-order valence-electron chi connectivity index (χ1n) is 13.2. The Morgan fingerprint density at radius 1 is 1.03 bits per heavy atom. The number of hydrogen-bond donors (Lipinski definition) is 0. The van der Waals surface area contributed by atoms with Gasteiger partial charge < -0.3 is 9.64 Å². The quantitative estimate of drug-likeness (QED) is 0.379. The van der Waals surface area contributed by atoms with Gasteiger partial charge in [0.2, 0.25) is 0 Å². The minimum Gasteiger partial charge on any atom is -0.493 e. The van der Waals surface area contributed by atoms with E-state index in [1.165, 1.54) is 89.5 Å². The van der Waals surface area contributed by atoms with Gasteiger partial charge in [0.25, 0.3) is 0 Å². The van der Waals surface area contributed by atoms with Crippen LogP contribution >= 0.6 is 0 Å². The maximum absolute atomic E-state index is 5.75. The van der Waals surface area contributed by atoms with E-state index < -0.39 is 0 Å². The third kappa shape index (κ3) is 5.66. The molecule has 172 valence electrons. The van der Waals surface area contributed by atoms with Gasteiger partial charge in [-0.2, -0.15) is 0 Å². The molecule has 1 saturated carbocycles. The van der Waals surface area contributed by atoms with Crippen LogP contribution in [0.1, 0.15) is 95.6 Å². The molecule has 1 aromatic rings. The molecule has 3 nitrogen and oxygen atoms in total. The molecule has 2 heterocycles. The summed E-state index contributed by atoms with van der Waals surface area (Å²) in [5, 5.41) is 0. The maximum Gasteiger partial charge on any atom is 0.122 e. The molecule has 3 aliphatic rings. The number of nitrogens with zero attached hydrogens (tertiary/aromatic N) is 2. The van der Waals surface area contributed by atoms with E-state index in [0.717, 1.165) is 24.8 Å². The highest BCUT2D eigenvalue weighted by Crippen LogP contribution is 2.39. The van der Waals surface area contributed by atoms with Crippen molar-refractivity contribution in [2.24, 2.45) is 0 Å². The summed E-state index contributed by atoms with van der Waals surface area (Å²) in [5.74, 6) is 1.79. The lowest BCUT2D eigenvalue weighted by molar-refractivity contribution is 0.222.